The first-order chi connectivity index (χ1) is 15.3. The number of carbonyl (C=O) groups excluding carboxylic acids is 2. The number of aromatic nitrogens is 3. The normalized spacial score (nSPS) is 14.7. The first-order valence-electron chi connectivity index (χ1n) is 10.7. The number of rotatable bonds is 6. The van der Waals surface area contributed by atoms with E-state index in [0.29, 0.717) is 50.0 Å². The molecular weight excluding hydrogens is 413 g/mol. The van der Waals surface area contributed by atoms with Crippen molar-refractivity contribution >= 4 is 17.5 Å². The van der Waals surface area contributed by atoms with Crippen LogP contribution in [-0.4, -0.2) is 44.6 Å². The minimum atomic E-state index is -0.406. The van der Waals surface area contributed by atoms with Crippen LogP contribution in [0.25, 0.3) is 5.69 Å². The van der Waals surface area contributed by atoms with Crippen molar-refractivity contribution in [1.29, 1.82) is 0 Å². The fourth-order valence-corrected chi connectivity index (χ4v) is 4.22. The van der Waals surface area contributed by atoms with Crippen molar-refractivity contribution in [3.05, 3.63) is 58.9 Å². The van der Waals surface area contributed by atoms with E-state index in [9.17, 15) is 14.0 Å². The fourth-order valence-electron chi connectivity index (χ4n) is 4.22. The Morgan fingerprint density at radius 2 is 2.00 bits per heavy atom. The monoisotopic (exact) mass is 439 g/mol. The number of likely N-dealkylation sites (tertiary alicyclic amines) is 1. The van der Waals surface area contributed by atoms with Crippen molar-refractivity contribution in [3.63, 3.8) is 0 Å². The van der Waals surface area contributed by atoms with E-state index in [1.807, 2.05) is 18.7 Å². The van der Waals surface area contributed by atoms with Crippen LogP contribution in [0.5, 0.6) is 0 Å². The molecule has 8 nitrogen and oxygen atoms in total. The van der Waals surface area contributed by atoms with E-state index in [1.54, 1.807) is 12.1 Å². The minimum Gasteiger partial charge on any atom is -0.383 e. The van der Waals surface area contributed by atoms with Crippen LogP contribution in [0.3, 0.4) is 0 Å². The molecule has 1 saturated heterocycles. The summed E-state index contributed by atoms with van der Waals surface area (Å²) in [6.07, 6.45) is 3.55. The van der Waals surface area contributed by atoms with Crippen molar-refractivity contribution < 1.29 is 18.5 Å². The molecule has 0 bridgehead atoms. The van der Waals surface area contributed by atoms with Gasteiger partial charge in [-0.05, 0) is 51.3 Å². The molecule has 0 unspecified atom stereocenters. The standard InChI is InChI=1S/C23H26FN5O3/c1-14-19(15(2)32-27-14)6-7-21(30)28-10-8-16(9-11-28)22(31)20-13-26-29(23(20)25)18-5-3-4-17(24)12-18/h3-5,12-13,16H,6-11,25H2,1-2H3. The Bertz CT molecular complexity index is 1120. The molecule has 1 fully saturated rings. The lowest BCUT2D eigenvalue weighted by Gasteiger charge is -2.31. The van der Waals surface area contributed by atoms with Crippen molar-refractivity contribution in [2.75, 3.05) is 18.8 Å². The first kappa shape index (κ1) is 21.7. The van der Waals surface area contributed by atoms with E-state index < -0.39 is 5.82 Å². The van der Waals surface area contributed by atoms with E-state index in [4.69, 9.17) is 10.3 Å². The Morgan fingerprint density at radius 3 is 2.66 bits per heavy atom. The predicted molar refractivity (Wildman–Crippen MR) is 116 cm³/mol. The Balaban J connectivity index is 1.35. The molecule has 168 valence electrons. The summed E-state index contributed by atoms with van der Waals surface area (Å²) in [5.74, 6) is 0.280. The highest BCUT2D eigenvalue weighted by molar-refractivity contribution is 6.01. The molecule has 9 heteroatoms. The van der Waals surface area contributed by atoms with Gasteiger partial charge in [-0.3, -0.25) is 9.59 Å². The topological polar surface area (TPSA) is 107 Å². The van der Waals surface area contributed by atoms with E-state index in [2.05, 4.69) is 10.3 Å². The average Bonchev–Trinajstić information content (AvgIpc) is 3.33. The largest absolute Gasteiger partial charge is 0.383 e. The zero-order chi connectivity index (χ0) is 22.8. The SMILES string of the molecule is Cc1noc(C)c1CCC(=O)N1CCC(C(=O)c2cnn(-c3cccc(F)c3)c2N)CC1. The van der Waals surface area contributed by atoms with E-state index in [-0.39, 0.29) is 23.4 Å². The van der Waals surface area contributed by atoms with Gasteiger partial charge in [0.2, 0.25) is 5.91 Å². The molecule has 2 N–H and O–H groups in total. The van der Waals surface area contributed by atoms with Gasteiger partial charge in [0.05, 0.1) is 23.1 Å². The molecule has 3 heterocycles. The second-order valence-electron chi connectivity index (χ2n) is 8.16. The Morgan fingerprint density at radius 1 is 1.25 bits per heavy atom. The summed E-state index contributed by atoms with van der Waals surface area (Å²) in [6.45, 7) is 4.76. The van der Waals surface area contributed by atoms with Crippen molar-refractivity contribution in [2.24, 2.45) is 5.92 Å². The molecule has 1 aromatic carbocycles. The molecule has 0 spiro atoms. The van der Waals surface area contributed by atoms with Crippen LogP contribution in [0.15, 0.2) is 35.0 Å². The number of nitrogens with two attached hydrogens (primary N) is 1. The zero-order valence-corrected chi connectivity index (χ0v) is 18.2. The highest BCUT2D eigenvalue weighted by Gasteiger charge is 2.30. The van der Waals surface area contributed by atoms with Crippen LogP contribution in [0.2, 0.25) is 0 Å². The number of aryl methyl sites for hydroxylation is 2. The second kappa shape index (κ2) is 8.94. The van der Waals surface area contributed by atoms with Gasteiger partial charge in [0.15, 0.2) is 5.78 Å². The van der Waals surface area contributed by atoms with Crippen molar-refractivity contribution in [1.82, 2.24) is 19.8 Å². The van der Waals surface area contributed by atoms with Crippen LogP contribution in [0.1, 0.15) is 46.6 Å². The highest BCUT2D eigenvalue weighted by Crippen LogP contribution is 2.26. The number of nitrogen functional groups attached to an aromatic ring is 1. The third-order valence-corrected chi connectivity index (χ3v) is 6.11. The molecule has 1 amide bonds. The van der Waals surface area contributed by atoms with Gasteiger partial charge in [0.1, 0.15) is 17.4 Å². The van der Waals surface area contributed by atoms with E-state index in [1.165, 1.54) is 23.0 Å². The van der Waals surface area contributed by atoms with Crippen LogP contribution in [0.4, 0.5) is 10.2 Å². The third kappa shape index (κ3) is 4.28. The molecule has 2 aromatic heterocycles. The van der Waals surface area contributed by atoms with Gasteiger partial charge in [0, 0.05) is 31.0 Å². The number of hydrogen-bond donors (Lipinski definition) is 1. The Kier molecular flexibility index (Phi) is 6.07. The van der Waals surface area contributed by atoms with Crippen LogP contribution >= 0.6 is 0 Å². The van der Waals surface area contributed by atoms with E-state index in [0.717, 1.165) is 17.0 Å². The number of benzene rings is 1. The molecular formula is C23H26FN5O3. The fraction of sp³-hybridized carbons (Fsp3) is 0.391. The first-order valence-corrected chi connectivity index (χ1v) is 10.7. The smallest absolute Gasteiger partial charge is 0.222 e. The molecule has 1 aliphatic heterocycles. The maximum Gasteiger partial charge on any atom is 0.222 e. The number of carbonyl (C=O) groups is 2. The molecule has 0 atom stereocenters. The lowest BCUT2D eigenvalue weighted by molar-refractivity contribution is -0.132. The van der Waals surface area contributed by atoms with Gasteiger partial charge in [0.25, 0.3) is 0 Å². The molecule has 0 radical (unpaired) electrons. The number of anilines is 1. The number of Topliss-reactive ketones (excluding diaryl/α,β-unsaturated/α-hetero) is 1. The van der Waals surface area contributed by atoms with Gasteiger partial charge in [-0.2, -0.15) is 5.10 Å². The van der Waals surface area contributed by atoms with Crippen molar-refractivity contribution in [3.8, 4) is 5.69 Å². The Hall–Kier alpha value is -3.49. The quantitative estimate of drug-likeness (QED) is 0.591. The number of ketones is 1. The maximum absolute atomic E-state index is 13.5. The van der Waals surface area contributed by atoms with Crippen LogP contribution < -0.4 is 5.73 Å². The number of piperidine rings is 1. The summed E-state index contributed by atoms with van der Waals surface area (Å²) in [6, 6.07) is 5.88. The molecule has 32 heavy (non-hydrogen) atoms. The summed E-state index contributed by atoms with van der Waals surface area (Å²) in [7, 11) is 0. The van der Waals surface area contributed by atoms with Crippen molar-refractivity contribution in [2.45, 2.75) is 39.5 Å². The number of halogens is 1. The van der Waals surface area contributed by atoms with Gasteiger partial charge in [-0.25, -0.2) is 9.07 Å². The summed E-state index contributed by atoms with van der Waals surface area (Å²) in [5.41, 5.74) is 8.74. The maximum atomic E-state index is 13.5. The molecule has 1 aliphatic rings. The van der Waals surface area contributed by atoms with Gasteiger partial charge in [-0.15, -0.1) is 0 Å². The van der Waals surface area contributed by atoms with E-state index >= 15 is 0 Å². The Labute approximate surface area is 185 Å². The molecule has 4 rings (SSSR count). The van der Waals surface area contributed by atoms with Gasteiger partial charge in [-0.1, -0.05) is 11.2 Å². The average molecular weight is 439 g/mol. The zero-order valence-electron chi connectivity index (χ0n) is 18.2. The minimum absolute atomic E-state index is 0.0642. The third-order valence-electron chi connectivity index (χ3n) is 6.11. The second-order valence-corrected chi connectivity index (χ2v) is 8.16. The lowest BCUT2D eigenvalue weighted by Crippen LogP contribution is -2.40. The number of nitrogens with zero attached hydrogens (tertiary/aromatic N) is 4. The van der Waals surface area contributed by atoms with Crippen LogP contribution in [-0.2, 0) is 11.2 Å². The molecule has 0 saturated carbocycles. The summed E-state index contributed by atoms with van der Waals surface area (Å²) >= 11 is 0. The highest BCUT2D eigenvalue weighted by atomic mass is 19.1. The lowest BCUT2D eigenvalue weighted by atomic mass is 9.89. The predicted octanol–water partition coefficient (Wildman–Crippen LogP) is 3.25. The molecule has 3 aromatic rings. The summed E-state index contributed by atoms with van der Waals surface area (Å²) in [5, 5.41) is 8.10. The number of amides is 1. The van der Waals surface area contributed by atoms with Gasteiger partial charge >= 0.3 is 0 Å². The summed E-state index contributed by atoms with van der Waals surface area (Å²) in [4.78, 5) is 27.5. The van der Waals surface area contributed by atoms with Crippen LogP contribution in [0, 0.1) is 25.6 Å². The number of hydrogen-bond acceptors (Lipinski definition) is 6. The summed E-state index contributed by atoms with van der Waals surface area (Å²) < 4.78 is 20.0. The molecule has 0 aliphatic carbocycles. The van der Waals surface area contributed by atoms with Gasteiger partial charge < -0.3 is 15.2 Å².